The van der Waals surface area contributed by atoms with E-state index >= 15 is 0 Å². The van der Waals surface area contributed by atoms with Crippen LogP contribution in [0.5, 0.6) is 0 Å². The maximum Gasteiger partial charge on any atom is 0.193 e. The van der Waals surface area contributed by atoms with E-state index < -0.39 is 0 Å². The van der Waals surface area contributed by atoms with Gasteiger partial charge in [-0.3, -0.25) is 4.99 Å². The number of guanidine groups is 1. The summed E-state index contributed by atoms with van der Waals surface area (Å²) in [4.78, 5) is 10.1. The number of ether oxygens (including phenoxy) is 1. The van der Waals surface area contributed by atoms with Crippen molar-refractivity contribution in [3.8, 4) is 0 Å². The fraction of sp³-hybridized carbons (Fsp3) is 0.762. The number of hydrogen-bond donors (Lipinski definition) is 1. The first kappa shape index (κ1) is 18.8. The van der Waals surface area contributed by atoms with Crippen molar-refractivity contribution in [3.05, 3.63) is 24.2 Å². The predicted molar refractivity (Wildman–Crippen MR) is 107 cm³/mol. The summed E-state index contributed by atoms with van der Waals surface area (Å²) < 4.78 is 11.0. The van der Waals surface area contributed by atoms with Crippen molar-refractivity contribution in [1.29, 1.82) is 0 Å². The molecule has 1 aromatic heterocycles. The van der Waals surface area contributed by atoms with E-state index in [-0.39, 0.29) is 0 Å². The summed E-state index contributed by atoms with van der Waals surface area (Å²) in [6, 6.07) is 3.99. The summed E-state index contributed by atoms with van der Waals surface area (Å²) in [6.07, 6.45) is 7.81. The van der Waals surface area contributed by atoms with Gasteiger partial charge >= 0.3 is 0 Å². The molecular weight excluding hydrogens is 340 g/mol. The fourth-order valence-electron chi connectivity index (χ4n) is 4.47. The van der Waals surface area contributed by atoms with E-state index in [0.717, 1.165) is 69.9 Å². The third-order valence-electron chi connectivity index (χ3n) is 6.06. The first-order chi connectivity index (χ1) is 13.4. The molecular formula is C21H34N4O2. The molecule has 6 heteroatoms. The van der Waals surface area contributed by atoms with Crippen LogP contribution in [0, 0.1) is 11.8 Å². The zero-order valence-corrected chi connectivity index (χ0v) is 16.4. The number of rotatable bonds is 7. The van der Waals surface area contributed by atoms with Gasteiger partial charge in [-0.2, -0.15) is 0 Å². The van der Waals surface area contributed by atoms with E-state index in [1.165, 1.54) is 38.9 Å². The lowest BCUT2D eigenvalue weighted by Gasteiger charge is -2.24. The van der Waals surface area contributed by atoms with Gasteiger partial charge < -0.3 is 24.3 Å². The molecule has 4 heterocycles. The fourth-order valence-corrected chi connectivity index (χ4v) is 4.47. The molecule has 1 aromatic rings. The molecule has 0 saturated carbocycles. The van der Waals surface area contributed by atoms with Gasteiger partial charge in [0.2, 0.25) is 0 Å². The van der Waals surface area contributed by atoms with Crippen LogP contribution >= 0.6 is 0 Å². The second kappa shape index (κ2) is 9.60. The number of nitrogens with zero attached hydrogens (tertiary/aromatic N) is 3. The monoisotopic (exact) mass is 374 g/mol. The Hall–Kier alpha value is -1.53. The molecule has 6 nitrogen and oxygen atoms in total. The highest BCUT2D eigenvalue weighted by Gasteiger charge is 2.27. The molecule has 3 aliphatic rings. The molecule has 1 N–H and O–H groups in total. The van der Waals surface area contributed by atoms with Crippen LogP contribution in [-0.2, 0) is 11.2 Å². The lowest BCUT2D eigenvalue weighted by Crippen LogP contribution is -2.42. The van der Waals surface area contributed by atoms with Gasteiger partial charge in [0.1, 0.15) is 5.76 Å². The number of nitrogens with one attached hydrogen (secondary N) is 1. The van der Waals surface area contributed by atoms with Gasteiger partial charge in [-0.15, -0.1) is 0 Å². The molecule has 27 heavy (non-hydrogen) atoms. The SMILES string of the molecule is c1coc(CCNC(=NCC2CCOC2)N2CCC(CN3CCCC3)C2)c1. The third kappa shape index (κ3) is 5.48. The Morgan fingerprint density at radius 2 is 2.11 bits per heavy atom. The van der Waals surface area contributed by atoms with Crippen LogP contribution in [0.3, 0.4) is 0 Å². The minimum Gasteiger partial charge on any atom is -0.469 e. The van der Waals surface area contributed by atoms with Gasteiger partial charge in [0.25, 0.3) is 0 Å². The Kier molecular flexibility index (Phi) is 6.69. The summed E-state index contributed by atoms with van der Waals surface area (Å²) in [5.74, 6) is 3.46. The van der Waals surface area contributed by atoms with Crippen LogP contribution in [-0.4, -0.2) is 74.8 Å². The van der Waals surface area contributed by atoms with Crippen molar-refractivity contribution < 1.29 is 9.15 Å². The average Bonchev–Trinajstić information content (AvgIpc) is 3.47. The lowest BCUT2D eigenvalue weighted by molar-refractivity contribution is 0.187. The maximum absolute atomic E-state index is 5.52. The van der Waals surface area contributed by atoms with Crippen LogP contribution in [0.25, 0.3) is 0 Å². The molecule has 0 spiro atoms. The molecule has 3 saturated heterocycles. The minimum atomic E-state index is 0.579. The lowest BCUT2D eigenvalue weighted by atomic mass is 10.1. The van der Waals surface area contributed by atoms with E-state index in [1.54, 1.807) is 6.26 Å². The molecule has 0 bridgehead atoms. The van der Waals surface area contributed by atoms with Gasteiger partial charge in [-0.1, -0.05) is 0 Å². The second-order valence-corrected chi connectivity index (χ2v) is 8.26. The predicted octanol–water partition coefficient (Wildman–Crippen LogP) is 2.22. The molecule has 0 aliphatic carbocycles. The standard InChI is InChI=1S/C21H34N4O2/c1-2-10-24(9-1)15-19-6-11-25(16-19)21(23-14-18-7-13-26-17-18)22-8-5-20-4-3-12-27-20/h3-4,12,18-19H,1-2,5-11,13-17H2,(H,22,23). The Morgan fingerprint density at radius 1 is 1.19 bits per heavy atom. The van der Waals surface area contributed by atoms with Gasteiger partial charge in [0.15, 0.2) is 5.96 Å². The van der Waals surface area contributed by atoms with Crippen LogP contribution in [0.15, 0.2) is 27.8 Å². The summed E-state index contributed by atoms with van der Waals surface area (Å²) in [7, 11) is 0. The summed E-state index contributed by atoms with van der Waals surface area (Å²) in [5.41, 5.74) is 0. The van der Waals surface area contributed by atoms with Crippen LogP contribution in [0.4, 0.5) is 0 Å². The van der Waals surface area contributed by atoms with E-state index in [1.807, 2.05) is 12.1 Å². The van der Waals surface area contributed by atoms with Crippen molar-refractivity contribution in [2.24, 2.45) is 16.8 Å². The molecule has 2 atom stereocenters. The summed E-state index contributed by atoms with van der Waals surface area (Å²) in [5, 5.41) is 3.60. The molecule has 2 unspecified atom stereocenters. The summed E-state index contributed by atoms with van der Waals surface area (Å²) >= 11 is 0. The smallest absolute Gasteiger partial charge is 0.193 e. The molecule has 0 amide bonds. The number of likely N-dealkylation sites (tertiary alicyclic amines) is 2. The van der Waals surface area contributed by atoms with Crippen LogP contribution < -0.4 is 5.32 Å². The van der Waals surface area contributed by atoms with Gasteiger partial charge in [0, 0.05) is 51.7 Å². The van der Waals surface area contributed by atoms with Gasteiger partial charge in [-0.05, 0) is 56.8 Å². The van der Waals surface area contributed by atoms with E-state index in [9.17, 15) is 0 Å². The summed E-state index contributed by atoms with van der Waals surface area (Å²) in [6.45, 7) is 9.57. The van der Waals surface area contributed by atoms with Crippen molar-refractivity contribution in [1.82, 2.24) is 15.1 Å². The Labute approximate surface area is 162 Å². The first-order valence-electron chi connectivity index (χ1n) is 10.7. The Bertz CT molecular complexity index is 577. The largest absolute Gasteiger partial charge is 0.469 e. The maximum atomic E-state index is 5.52. The van der Waals surface area contributed by atoms with E-state index in [4.69, 9.17) is 14.1 Å². The molecule has 3 fully saturated rings. The zero-order valence-electron chi connectivity index (χ0n) is 16.4. The van der Waals surface area contributed by atoms with Gasteiger partial charge in [-0.25, -0.2) is 0 Å². The Balaban J connectivity index is 1.30. The van der Waals surface area contributed by atoms with Crippen molar-refractivity contribution in [3.63, 3.8) is 0 Å². The van der Waals surface area contributed by atoms with E-state index in [0.29, 0.717) is 5.92 Å². The molecule has 150 valence electrons. The highest BCUT2D eigenvalue weighted by atomic mass is 16.5. The number of furan rings is 1. The second-order valence-electron chi connectivity index (χ2n) is 8.26. The first-order valence-corrected chi connectivity index (χ1v) is 10.7. The number of aliphatic imine (C=N–C) groups is 1. The van der Waals surface area contributed by atoms with Crippen LogP contribution in [0.2, 0.25) is 0 Å². The topological polar surface area (TPSA) is 53.2 Å². The molecule has 3 aliphatic heterocycles. The molecule has 4 rings (SSSR count). The normalized spacial score (nSPS) is 27.0. The van der Waals surface area contributed by atoms with E-state index in [2.05, 4.69) is 15.1 Å². The van der Waals surface area contributed by atoms with Gasteiger partial charge in [0.05, 0.1) is 12.9 Å². The number of hydrogen-bond acceptors (Lipinski definition) is 4. The van der Waals surface area contributed by atoms with Crippen molar-refractivity contribution in [2.45, 2.75) is 32.1 Å². The quantitative estimate of drug-likeness (QED) is 0.586. The third-order valence-corrected chi connectivity index (χ3v) is 6.06. The molecule has 0 radical (unpaired) electrons. The average molecular weight is 375 g/mol. The van der Waals surface area contributed by atoms with Crippen LogP contribution in [0.1, 0.15) is 31.4 Å². The minimum absolute atomic E-state index is 0.579. The highest BCUT2D eigenvalue weighted by molar-refractivity contribution is 5.80. The Morgan fingerprint density at radius 3 is 2.89 bits per heavy atom. The van der Waals surface area contributed by atoms with Crippen molar-refractivity contribution >= 4 is 5.96 Å². The van der Waals surface area contributed by atoms with Crippen molar-refractivity contribution in [2.75, 3.05) is 59.0 Å². The highest BCUT2D eigenvalue weighted by Crippen LogP contribution is 2.20. The molecule has 0 aromatic carbocycles. The zero-order chi connectivity index (χ0) is 18.3.